The first-order valence-electron chi connectivity index (χ1n) is 12.6. The quantitative estimate of drug-likeness (QED) is 0.207. The van der Waals surface area contributed by atoms with Crippen LogP contribution in [0.4, 0.5) is 15.0 Å². The Morgan fingerprint density at radius 3 is 2.60 bits per heavy atom. The number of aromatic nitrogens is 1. The van der Waals surface area contributed by atoms with E-state index < -0.39 is 42.0 Å². The first-order valence-corrected chi connectivity index (χ1v) is 13.4. The average Bonchev–Trinajstić information content (AvgIpc) is 2.90. The maximum atomic E-state index is 14.3. The van der Waals surface area contributed by atoms with Crippen LogP contribution in [0.5, 0.6) is 5.75 Å². The van der Waals surface area contributed by atoms with Crippen molar-refractivity contribution in [3.63, 3.8) is 0 Å². The molecule has 0 radical (unpaired) electrons. The summed E-state index contributed by atoms with van der Waals surface area (Å²) in [6, 6.07) is 7.06. The predicted octanol–water partition coefficient (Wildman–Crippen LogP) is 4.31. The molecular formula is C28H33BrFN7O5. The number of nitriles is 1. The van der Waals surface area contributed by atoms with E-state index in [2.05, 4.69) is 36.9 Å². The normalized spacial score (nSPS) is 11.9. The van der Waals surface area contributed by atoms with E-state index in [9.17, 15) is 18.8 Å². The van der Waals surface area contributed by atoms with Crippen molar-refractivity contribution in [1.29, 1.82) is 10.7 Å². The van der Waals surface area contributed by atoms with Gasteiger partial charge in [-0.05, 0) is 74.0 Å². The van der Waals surface area contributed by atoms with E-state index in [-0.39, 0.29) is 40.6 Å². The number of nitrogens with zero attached hydrogens (tertiary/aromatic N) is 3. The molecule has 1 heterocycles. The number of benzene rings is 1. The number of nitrogens with one attached hydrogen (secondary N) is 4. The minimum Gasteiger partial charge on any atom is -0.482 e. The molecule has 0 unspecified atom stereocenters. The van der Waals surface area contributed by atoms with E-state index in [0.717, 1.165) is 6.07 Å². The van der Waals surface area contributed by atoms with Crippen LogP contribution >= 0.6 is 15.9 Å². The number of hydrogen-bond donors (Lipinski definition) is 4. The van der Waals surface area contributed by atoms with E-state index in [0.29, 0.717) is 4.47 Å². The lowest BCUT2D eigenvalue weighted by molar-refractivity contribution is -0.115. The van der Waals surface area contributed by atoms with Crippen molar-refractivity contribution >= 4 is 45.4 Å². The minimum absolute atomic E-state index is 0.00598. The molecular weight excluding hydrogens is 613 g/mol. The van der Waals surface area contributed by atoms with Gasteiger partial charge in [-0.1, -0.05) is 0 Å². The zero-order chi connectivity index (χ0) is 31.6. The first kappa shape index (κ1) is 33.7. The Kier molecular flexibility index (Phi) is 12.0. The van der Waals surface area contributed by atoms with Crippen LogP contribution in [-0.4, -0.2) is 66.3 Å². The van der Waals surface area contributed by atoms with Gasteiger partial charge >= 0.3 is 6.09 Å². The summed E-state index contributed by atoms with van der Waals surface area (Å²) in [5, 5.41) is 24.7. The third-order valence-electron chi connectivity index (χ3n) is 5.32. The molecule has 224 valence electrons. The van der Waals surface area contributed by atoms with E-state index >= 15 is 0 Å². The number of amides is 3. The number of ether oxygens (including phenoxy) is 2. The van der Waals surface area contributed by atoms with Crippen molar-refractivity contribution in [1.82, 2.24) is 20.5 Å². The molecule has 0 spiro atoms. The van der Waals surface area contributed by atoms with Gasteiger partial charge in [0.2, 0.25) is 5.91 Å². The summed E-state index contributed by atoms with van der Waals surface area (Å²) in [6.45, 7) is 6.17. The highest BCUT2D eigenvalue weighted by molar-refractivity contribution is 9.10. The summed E-state index contributed by atoms with van der Waals surface area (Å²) >= 11 is 3.31. The van der Waals surface area contributed by atoms with Crippen molar-refractivity contribution < 1.29 is 28.2 Å². The molecule has 3 amide bonds. The molecule has 0 bridgehead atoms. The van der Waals surface area contributed by atoms with E-state index in [1.807, 2.05) is 6.07 Å². The SMILES string of the molecule is CN/C(C#N)=C\C(=N)CN(C)C(=O)c1ccc(F)cc1[C@@H](C)Oc1cc(Br)cnc1NC(=O)CNC(=O)OC(C)(C)C. The number of anilines is 1. The van der Waals surface area contributed by atoms with Gasteiger partial charge in [0, 0.05) is 35.9 Å². The van der Waals surface area contributed by atoms with Gasteiger partial charge in [0.1, 0.15) is 35.8 Å². The maximum absolute atomic E-state index is 14.3. The van der Waals surface area contributed by atoms with Crippen molar-refractivity contribution in [3.05, 3.63) is 63.7 Å². The van der Waals surface area contributed by atoms with Crippen LogP contribution < -0.4 is 20.7 Å². The van der Waals surface area contributed by atoms with Crippen LogP contribution in [0.3, 0.4) is 0 Å². The topological polar surface area (TPSA) is 170 Å². The highest BCUT2D eigenvalue weighted by atomic mass is 79.9. The predicted molar refractivity (Wildman–Crippen MR) is 158 cm³/mol. The molecule has 4 N–H and O–H groups in total. The zero-order valence-electron chi connectivity index (χ0n) is 24.1. The lowest BCUT2D eigenvalue weighted by Gasteiger charge is -2.23. The number of rotatable bonds is 11. The molecule has 1 aromatic carbocycles. The van der Waals surface area contributed by atoms with Gasteiger partial charge in [-0.25, -0.2) is 14.2 Å². The molecule has 0 aliphatic rings. The Bertz CT molecular complexity index is 1420. The Labute approximate surface area is 251 Å². The van der Waals surface area contributed by atoms with Crippen LogP contribution in [0.2, 0.25) is 0 Å². The van der Waals surface area contributed by atoms with Crippen LogP contribution in [0.15, 0.2) is 46.7 Å². The second-order valence-electron chi connectivity index (χ2n) is 10.0. The summed E-state index contributed by atoms with van der Waals surface area (Å²) in [5.41, 5.74) is -0.218. The number of allylic oxidation sites excluding steroid dienone is 1. The van der Waals surface area contributed by atoms with Gasteiger partial charge in [-0.2, -0.15) is 5.26 Å². The van der Waals surface area contributed by atoms with E-state index in [4.69, 9.17) is 20.1 Å². The highest BCUT2D eigenvalue weighted by Gasteiger charge is 2.23. The average molecular weight is 647 g/mol. The molecule has 42 heavy (non-hydrogen) atoms. The molecule has 2 aromatic rings. The zero-order valence-corrected chi connectivity index (χ0v) is 25.7. The second-order valence-corrected chi connectivity index (χ2v) is 10.9. The Balaban J connectivity index is 2.24. The van der Waals surface area contributed by atoms with Gasteiger partial charge in [0.25, 0.3) is 5.91 Å². The van der Waals surface area contributed by atoms with E-state index in [1.165, 1.54) is 42.4 Å². The molecule has 2 rings (SSSR count). The number of carbonyl (C=O) groups is 3. The minimum atomic E-state index is -0.895. The summed E-state index contributed by atoms with van der Waals surface area (Å²) in [4.78, 5) is 43.1. The number of alkyl carbamates (subject to hydrolysis) is 1. The second kappa shape index (κ2) is 14.9. The molecule has 14 heteroatoms. The monoisotopic (exact) mass is 645 g/mol. The molecule has 0 aliphatic carbocycles. The summed E-state index contributed by atoms with van der Waals surface area (Å²) in [7, 11) is 3.02. The largest absolute Gasteiger partial charge is 0.482 e. The fraction of sp³-hybridized carbons (Fsp3) is 0.357. The molecule has 12 nitrogen and oxygen atoms in total. The summed E-state index contributed by atoms with van der Waals surface area (Å²) in [5.74, 6) is -1.57. The van der Waals surface area contributed by atoms with Crippen molar-refractivity contribution in [2.45, 2.75) is 39.4 Å². The Hall–Kier alpha value is -4.51. The number of carbonyl (C=O) groups excluding carboxylic acids is 3. The van der Waals surface area contributed by atoms with Gasteiger partial charge in [0.05, 0.1) is 12.3 Å². The smallest absolute Gasteiger partial charge is 0.408 e. The Morgan fingerprint density at radius 2 is 1.98 bits per heavy atom. The first-order chi connectivity index (χ1) is 19.6. The Morgan fingerprint density at radius 1 is 1.29 bits per heavy atom. The molecule has 0 fully saturated rings. The molecule has 0 saturated heterocycles. The maximum Gasteiger partial charge on any atom is 0.408 e. The highest BCUT2D eigenvalue weighted by Crippen LogP contribution is 2.32. The molecule has 0 saturated carbocycles. The molecule has 0 aliphatic heterocycles. The fourth-order valence-corrected chi connectivity index (χ4v) is 3.79. The van der Waals surface area contributed by atoms with Crippen LogP contribution in [0, 0.1) is 22.6 Å². The van der Waals surface area contributed by atoms with Gasteiger partial charge < -0.3 is 35.7 Å². The van der Waals surface area contributed by atoms with Crippen molar-refractivity contribution in [2.75, 3.05) is 32.5 Å². The summed E-state index contributed by atoms with van der Waals surface area (Å²) in [6.07, 6.45) is 1.07. The van der Waals surface area contributed by atoms with Crippen LogP contribution in [-0.2, 0) is 9.53 Å². The lowest BCUT2D eigenvalue weighted by Crippen LogP contribution is -2.37. The van der Waals surface area contributed by atoms with Crippen molar-refractivity contribution in [2.24, 2.45) is 0 Å². The number of pyridine rings is 1. The van der Waals surface area contributed by atoms with E-state index in [1.54, 1.807) is 34.7 Å². The van der Waals surface area contributed by atoms with Crippen LogP contribution in [0.25, 0.3) is 0 Å². The molecule has 1 atom stereocenters. The van der Waals surface area contributed by atoms with Crippen molar-refractivity contribution in [3.8, 4) is 11.8 Å². The van der Waals surface area contributed by atoms with Gasteiger partial charge in [0.15, 0.2) is 11.6 Å². The number of halogens is 2. The fourth-order valence-electron chi connectivity index (χ4n) is 3.48. The molecule has 1 aromatic heterocycles. The summed E-state index contributed by atoms with van der Waals surface area (Å²) < 4.78 is 26.0. The lowest BCUT2D eigenvalue weighted by atomic mass is 10.0. The number of hydrogen-bond acceptors (Lipinski definition) is 9. The van der Waals surface area contributed by atoms with Gasteiger partial charge in [-0.3, -0.25) is 9.59 Å². The van der Waals surface area contributed by atoms with Crippen LogP contribution in [0.1, 0.15) is 49.7 Å². The third-order valence-corrected chi connectivity index (χ3v) is 5.75. The standard InChI is InChI=1S/C28H33BrFN7O5/c1-16(22-10-18(30)7-8-21(22)26(39)37(6)15-19(32)11-20(12-31)33-5)41-23-9-17(29)13-34-25(23)36-24(38)14-35-27(40)42-28(2,3)4/h7-11,13,16,32-33H,14-15H2,1-6H3,(H,35,40)(H,34,36,38)/b20-11-,32-19?/t16-/m1/s1. The van der Waals surface area contributed by atoms with Gasteiger partial charge in [-0.15, -0.1) is 0 Å². The third kappa shape index (κ3) is 10.5.